The number of hydrogen-bond acceptors (Lipinski definition) is 3. The molecule has 5 nitrogen and oxygen atoms in total. The minimum Gasteiger partial charge on any atom is -0.369 e. The third kappa shape index (κ3) is 4.70. The van der Waals surface area contributed by atoms with Crippen molar-refractivity contribution < 1.29 is 9.59 Å². The number of primary amides is 1. The number of rotatable bonds is 4. The first kappa shape index (κ1) is 19.9. The van der Waals surface area contributed by atoms with Gasteiger partial charge in [0.2, 0.25) is 11.8 Å². The molecule has 1 aromatic carbocycles. The Morgan fingerprint density at radius 3 is 2.22 bits per heavy atom. The van der Waals surface area contributed by atoms with Crippen LogP contribution in [0.2, 0.25) is 0 Å². The fourth-order valence-electron chi connectivity index (χ4n) is 4.29. The second-order valence-electron chi connectivity index (χ2n) is 9.06. The molecule has 2 saturated heterocycles. The van der Waals surface area contributed by atoms with E-state index >= 15 is 0 Å². The summed E-state index contributed by atoms with van der Waals surface area (Å²) in [7, 11) is 0. The van der Waals surface area contributed by atoms with Crippen LogP contribution in [0, 0.1) is 5.92 Å². The van der Waals surface area contributed by atoms with Crippen molar-refractivity contribution in [3.8, 4) is 0 Å². The quantitative estimate of drug-likeness (QED) is 0.885. The first-order chi connectivity index (χ1) is 12.8. The summed E-state index contributed by atoms with van der Waals surface area (Å²) in [5.41, 5.74) is 8.19. The van der Waals surface area contributed by atoms with E-state index < -0.39 is 0 Å². The van der Waals surface area contributed by atoms with Gasteiger partial charge >= 0.3 is 0 Å². The number of carbonyl (C=O) groups is 2. The van der Waals surface area contributed by atoms with Gasteiger partial charge in [0.15, 0.2) is 0 Å². The first-order valence-corrected chi connectivity index (χ1v) is 10.2. The lowest BCUT2D eigenvalue weighted by atomic mass is 9.86. The van der Waals surface area contributed by atoms with Gasteiger partial charge in [-0.05, 0) is 48.8 Å². The lowest BCUT2D eigenvalue weighted by molar-refractivity contribution is -0.136. The molecule has 0 spiro atoms. The molecular formula is C22H33N3O2. The summed E-state index contributed by atoms with van der Waals surface area (Å²) < 4.78 is 0. The van der Waals surface area contributed by atoms with Crippen molar-refractivity contribution in [2.24, 2.45) is 11.7 Å². The van der Waals surface area contributed by atoms with E-state index in [0.717, 1.165) is 19.4 Å². The molecule has 0 bridgehead atoms. The summed E-state index contributed by atoms with van der Waals surface area (Å²) in [5.74, 6) is -0.133. The molecular weight excluding hydrogens is 338 g/mol. The summed E-state index contributed by atoms with van der Waals surface area (Å²) in [6.07, 6.45) is 3.62. The molecule has 3 rings (SSSR count). The Labute approximate surface area is 162 Å². The van der Waals surface area contributed by atoms with Gasteiger partial charge < -0.3 is 10.6 Å². The zero-order valence-corrected chi connectivity index (χ0v) is 16.9. The number of hydrogen-bond donors (Lipinski definition) is 1. The Hall–Kier alpha value is -1.88. The van der Waals surface area contributed by atoms with Crippen LogP contribution >= 0.6 is 0 Å². The zero-order chi connectivity index (χ0) is 19.6. The van der Waals surface area contributed by atoms with Gasteiger partial charge in [-0.15, -0.1) is 0 Å². The van der Waals surface area contributed by atoms with Crippen molar-refractivity contribution in [3.63, 3.8) is 0 Å². The Morgan fingerprint density at radius 2 is 1.67 bits per heavy atom. The third-order valence-corrected chi connectivity index (χ3v) is 6.11. The molecule has 2 aliphatic heterocycles. The van der Waals surface area contributed by atoms with E-state index in [0.29, 0.717) is 38.5 Å². The Bertz CT molecular complexity index is 670. The van der Waals surface area contributed by atoms with E-state index in [2.05, 4.69) is 49.9 Å². The van der Waals surface area contributed by atoms with Crippen LogP contribution in [-0.4, -0.2) is 47.8 Å². The first-order valence-electron chi connectivity index (χ1n) is 10.2. The van der Waals surface area contributed by atoms with E-state index in [-0.39, 0.29) is 23.1 Å². The molecule has 5 heteroatoms. The molecule has 1 atom stereocenters. The minimum absolute atomic E-state index is 0.0742. The van der Waals surface area contributed by atoms with Crippen molar-refractivity contribution in [1.82, 2.24) is 9.80 Å². The van der Waals surface area contributed by atoms with Crippen LogP contribution in [-0.2, 0) is 15.0 Å². The number of carbonyl (C=O) groups excluding carboxylic acids is 2. The molecule has 0 saturated carbocycles. The van der Waals surface area contributed by atoms with Crippen LogP contribution in [0.15, 0.2) is 24.3 Å². The third-order valence-electron chi connectivity index (χ3n) is 6.11. The maximum atomic E-state index is 12.8. The topological polar surface area (TPSA) is 66.6 Å². The Balaban J connectivity index is 1.60. The number of amides is 2. The highest BCUT2D eigenvalue weighted by Gasteiger charge is 2.31. The molecule has 2 heterocycles. The molecule has 2 aliphatic rings. The maximum absolute atomic E-state index is 12.8. The average Bonchev–Trinajstić information content (AvgIpc) is 3.09. The van der Waals surface area contributed by atoms with E-state index in [9.17, 15) is 9.59 Å². The highest BCUT2D eigenvalue weighted by Crippen LogP contribution is 2.33. The summed E-state index contributed by atoms with van der Waals surface area (Å²) in [5, 5.41) is 0. The predicted molar refractivity (Wildman–Crippen MR) is 107 cm³/mol. The molecule has 0 aromatic heterocycles. The Kier molecular flexibility index (Phi) is 5.89. The van der Waals surface area contributed by atoms with E-state index in [1.54, 1.807) is 0 Å². The fraction of sp³-hybridized carbons (Fsp3) is 0.636. The highest BCUT2D eigenvalue weighted by atomic mass is 16.2. The van der Waals surface area contributed by atoms with Crippen molar-refractivity contribution in [3.05, 3.63) is 35.4 Å². The zero-order valence-electron chi connectivity index (χ0n) is 16.9. The Morgan fingerprint density at radius 1 is 1.04 bits per heavy atom. The van der Waals surface area contributed by atoms with Crippen molar-refractivity contribution in [2.45, 2.75) is 57.9 Å². The molecule has 1 aromatic rings. The molecule has 0 radical (unpaired) electrons. The fourth-order valence-corrected chi connectivity index (χ4v) is 4.29. The number of likely N-dealkylation sites (tertiary alicyclic amines) is 2. The standard InChI is InChI=1S/C22H33N3O2/c1-22(2,3)18-8-6-16(7-9-18)19-5-4-12-25(19)15-20(26)24-13-10-17(11-14-24)21(23)27/h6-9,17,19H,4-5,10-15H2,1-3H3,(H2,23,27). The number of nitrogens with two attached hydrogens (primary N) is 1. The molecule has 27 heavy (non-hydrogen) atoms. The average molecular weight is 372 g/mol. The molecule has 148 valence electrons. The largest absolute Gasteiger partial charge is 0.369 e. The van der Waals surface area contributed by atoms with Crippen LogP contribution in [0.4, 0.5) is 0 Å². The van der Waals surface area contributed by atoms with Gasteiger partial charge in [0.1, 0.15) is 0 Å². The molecule has 1 unspecified atom stereocenters. The smallest absolute Gasteiger partial charge is 0.236 e. The van der Waals surface area contributed by atoms with E-state index in [1.807, 2.05) is 4.90 Å². The van der Waals surface area contributed by atoms with Gasteiger partial charge in [-0.2, -0.15) is 0 Å². The van der Waals surface area contributed by atoms with Gasteiger partial charge in [0.25, 0.3) is 0 Å². The monoisotopic (exact) mass is 371 g/mol. The van der Waals surface area contributed by atoms with Gasteiger partial charge in [0, 0.05) is 25.0 Å². The van der Waals surface area contributed by atoms with Crippen molar-refractivity contribution in [2.75, 3.05) is 26.2 Å². The lowest BCUT2D eigenvalue weighted by Gasteiger charge is -2.33. The van der Waals surface area contributed by atoms with Crippen LogP contribution in [0.3, 0.4) is 0 Å². The lowest BCUT2D eigenvalue weighted by Crippen LogP contribution is -2.45. The second-order valence-corrected chi connectivity index (χ2v) is 9.06. The number of benzene rings is 1. The summed E-state index contributed by atoms with van der Waals surface area (Å²) in [6.45, 7) is 9.40. The van der Waals surface area contributed by atoms with Crippen molar-refractivity contribution >= 4 is 11.8 Å². The van der Waals surface area contributed by atoms with Gasteiger partial charge in [-0.1, -0.05) is 45.0 Å². The van der Waals surface area contributed by atoms with E-state index in [4.69, 9.17) is 5.73 Å². The normalized spacial score (nSPS) is 22.2. The number of nitrogens with zero attached hydrogens (tertiary/aromatic N) is 2. The second kappa shape index (κ2) is 8.01. The van der Waals surface area contributed by atoms with E-state index in [1.165, 1.54) is 11.1 Å². The van der Waals surface area contributed by atoms with Crippen molar-refractivity contribution in [1.29, 1.82) is 0 Å². The SMILES string of the molecule is CC(C)(C)c1ccc(C2CCCN2CC(=O)N2CCC(C(N)=O)CC2)cc1. The summed E-state index contributed by atoms with van der Waals surface area (Å²) in [4.78, 5) is 28.3. The van der Waals surface area contributed by atoms with Crippen LogP contribution < -0.4 is 5.73 Å². The maximum Gasteiger partial charge on any atom is 0.236 e. The molecule has 0 aliphatic carbocycles. The van der Waals surface area contributed by atoms with Gasteiger partial charge in [-0.25, -0.2) is 0 Å². The van der Waals surface area contributed by atoms with Gasteiger partial charge in [-0.3, -0.25) is 14.5 Å². The molecule has 2 N–H and O–H groups in total. The van der Waals surface area contributed by atoms with Crippen LogP contribution in [0.5, 0.6) is 0 Å². The van der Waals surface area contributed by atoms with Crippen LogP contribution in [0.25, 0.3) is 0 Å². The summed E-state index contributed by atoms with van der Waals surface area (Å²) in [6, 6.07) is 9.23. The molecule has 2 fully saturated rings. The highest BCUT2D eigenvalue weighted by molar-refractivity contribution is 5.80. The predicted octanol–water partition coefficient (Wildman–Crippen LogP) is 2.84. The van der Waals surface area contributed by atoms with Crippen LogP contribution in [0.1, 0.15) is 63.6 Å². The molecule has 2 amide bonds. The summed E-state index contributed by atoms with van der Waals surface area (Å²) >= 11 is 0. The minimum atomic E-state index is -0.236. The number of piperidine rings is 1. The van der Waals surface area contributed by atoms with Gasteiger partial charge in [0.05, 0.1) is 6.54 Å².